The van der Waals surface area contributed by atoms with Crippen LogP contribution in [0.1, 0.15) is 24.6 Å². The van der Waals surface area contributed by atoms with Gasteiger partial charge < -0.3 is 5.73 Å². The van der Waals surface area contributed by atoms with E-state index in [4.69, 9.17) is 5.73 Å². The summed E-state index contributed by atoms with van der Waals surface area (Å²) < 4.78 is 1.47. The van der Waals surface area contributed by atoms with Gasteiger partial charge in [0.25, 0.3) is 5.56 Å². The molecule has 0 bridgehead atoms. The molecule has 6 heteroatoms. The SMILES string of the molecule is Nc1cc(=O)[nH]c2nc(C3CC3)nn12. The largest absolute Gasteiger partial charge is 0.383 e. The lowest BCUT2D eigenvalue weighted by Gasteiger charge is -1.93. The molecule has 2 aromatic heterocycles. The molecular formula is C8H9N5O. The van der Waals surface area contributed by atoms with Crippen molar-refractivity contribution in [2.75, 3.05) is 5.73 Å². The van der Waals surface area contributed by atoms with Crippen LogP contribution in [0.2, 0.25) is 0 Å². The molecule has 0 unspecified atom stereocenters. The van der Waals surface area contributed by atoms with Crippen LogP contribution in [0.5, 0.6) is 0 Å². The Balaban J connectivity index is 2.31. The average molecular weight is 191 g/mol. The maximum Gasteiger partial charge on any atom is 0.254 e. The minimum absolute atomic E-state index is 0.246. The van der Waals surface area contributed by atoms with Crippen LogP contribution in [0.15, 0.2) is 10.9 Å². The Bertz CT molecular complexity index is 550. The van der Waals surface area contributed by atoms with Gasteiger partial charge in [0.2, 0.25) is 5.78 Å². The van der Waals surface area contributed by atoms with Gasteiger partial charge in [0.1, 0.15) is 5.82 Å². The minimum Gasteiger partial charge on any atom is -0.383 e. The molecule has 0 radical (unpaired) electrons. The highest BCUT2D eigenvalue weighted by Crippen LogP contribution is 2.38. The molecule has 1 aliphatic carbocycles. The summed E-state index contributed by atoms with van der Waals surface area (Å²) in [6.07, 6.45) is 2.25. The van der Waals surface area contributed by atoms with Gasteiger partial charge in [-0.3, -0.25) is 9.78 Å². The number of rotatable bonds is 1. The number of anilines is 1. The van der Waals surface area contributed by atoms with E-state index in [1.165, 1.54) is 10.6 Å². The van der Waals surface area contributed by atoms with Crippen molar-refractivity contribution in [3.8, 4) is 0 Å². The van der Waals surface area contributed by atoms with Gasteiger partial charge in [-0.05, 0) is 12.8 Å². The number of fused-ring (bicyclic) bond motifs is 1. The Morgan fingerprint density at radius 3 is 3.07 bits per heavy atom. The van der Waals surface area contributed by atoms with Crippen LogP contribution in [-0.4, -0.2) is 19.6 Å². The van der Waals surface area contributed by atoms with E-state index in [1.807, 2.05) is 0 Å². The van der Waals surface area contributed by atoms with E-state index in [1.54, 1.807) is 0 Å². The Morgan fingerprint density at radius 2 is 2.36 bits per heavy atom. The lowest BCUT2D eigenvalue weighted by molar-refractivity contribution is 0.878. The Hall–Kier alpha value is -1.85. The summed E-state index contributed by atoms with van der Waals surface area (Å²) in [5.74, 6) is 1.98. The lowest BCUT2D eigenvalue weighted by Crippen LogP contribution is -2.11. The zero-order chi connectivity index (χ0) is 9.71. The third kappa shape index (κ3) is 1.00. The van der Waals surface area contributed by atoms with Crippen molar-refractivity contribution < 1.29 is 0 Å². The van der Waals surface area contributed by atoms with E-state index in [0.717, 1.165) is 18.7 Å². The fraction of sp³-hybridized carbons (Fsp3) is 0.375. The maximum atomic E-state index is 11.1. The van der Waals surface area contributed by atoms with Crippen LogP contribution in [0.3, 0.4) is 0 Å². The van der Waals surface area contributed by atoms with Gasteiger partial charge in [0.15, 0.2) is 5.82 Å². The van der Waals surface area contributed by atoms with E-state index in [2.05, 4.69) is 15.1 Å². The Labute approximate surface area is 78.8 Å². The molecule has 3 rings (SSSR count). The number of aromatic amines is 1. The highest BCUT2D eigenvalue weighted by atomic mass is 16.1. The minimum atomic E-state index is -0.246. The summed E-state index contributed by atoms with van der Waals surface area (Å²) in [5, 5.41) is 4.23. The number of nitrogens with zero attached hydrogens (tertiary/aromatic N) is 3. The molecule has 0 amide bonds. The van der Waals surface area contributed by atoms with Gasteiger partial charge in [0.05, 0.1) is 0 Å². The van der Waals surface area contributed by atoms with Gasteiger partial charge in [-0.15, -0.1) is 5.10 Å². The molecule has 0 atom stereocenters. The first-order valence-corrected chi connectivity index (χ1v) is 4.49. The standard InChI is InChI=1S/C8H9N5O/c9-5-3-6(14)10-8-11-7(4-1-2-4)12-13(5)8/h3-4H,1-2,9H2,(H,10,11,12,14). The molecule has 1 saturated carbocycles. The second kappa shape index (κ2) is 2.34. The van der Waals surface area contributed by atoms with E-state index < -0.39 is 0 Å². The molecule has 14 heavy (non-hydrogen) atoms. The molecule has 0 aliphatic heterocycles. The number of nitrogens with two attached hydrogens (primary N) is 1. The Morgan fingerprint density at radius 1 is 1.57 bits per heavy atom. The molecule has 0 spiro atoms. The van der Waals surface area contributed by atoms with Gasteiger partial charge in [-0.1, -0.05) is 0 Å². The normalized spacial score (nSPS) is 16.3. The number of H-pyrrole nitrogens is 1. The first-order chi connectivity index (χ1) is 6.74. The van der Waals surface area contributed by atoms with Crippen LogP contribution in [0.25, 0.3) is 5.78 Å². The van der Waals surface area contributed by atoms with Crippen molar-refractivity contribution >= 4 is 11.6 Å². The predicted molar refractivity (Wildman–Crippen MR) is 50.0 cm³/mol. The molecule has 1 fully saturated rings. The summed E-state index contributed by atoms with van der Waals surface area (Å²) in [6, 6.07) is 1.30. The summed E-state index contributed by atoms with van der Waals surface area (Å²) >= 11 is 0. The van der Waals surface area contributed by atoms with Crippen molar-refractivity contribution in [2.24, 2.45) is 0 Å². The van der Waals surface area contributed by atoms with Crippen LogP contribution >= 0.6 is 0 Å². The fourth-order valence-corrected chi connectivity index (χ4v) is 1.45. The molecule has 0 aromatic carbocycles. The van der Waals surface area contributed by atoms with E-state index in [0.29, 0.717) is 17.5 Å². The smallest absolute Gasteiger partial charge is 0.254 e. The molecule has 72 valence electrons. The van der Waals surface area contributed by atoms with Crippen LogP contribution < -0.4 is 11.3 Å². The van der Waals surface area contributed by atoms with Crippen LogP contribution in [0, 0.1) is 0 Å². The third-order valence-corrected chi connectivity index (χ3v) is 2.32. The lowest BCUT2D eigenvalue weighted by atomic mass is 10.4. The van der Waals surface area contributed by atoms with Gasteiger partial charge in [-0.2, -0.15) is 9.50 Å². The zero-order valence-electron chi connectivity index (χ0n) is 7.40. The quantitative estimate of drug-likeness (QED) is 0.657. The summed E-state index contributed by atoms with van der Waals surface area (Å²) in [4.78, 5) is 17.9. The molecule has 2 aromatic rings. The van der Waals surface area contributed by atoms with Crippen molar-refractivity contribution in [1.29, 1.82) is 0 Å². The average Bonchev–Trinajstić information content (AvgIpc) is 2.87. The van der Waals surface area contributed by atoms with E-state index in [9.17, 15) is 4.79 Å². The van der Waals surface area contributed by atoms with Crippen LogP contribution in [0.4, 0.5) is 5.82 Å². The van der Waals surface area contributed by atoms with Crippen molar-refractivity contribution in [2.45, 2.75) is 18.8 Å². The first-order valence-electron chi connectivity index (χ1n) is 4.49. The summed E-state index contributed by atoms with van der Waals surface area (Å²) in [5.41, 5.74) is 5.39. The van der Waals surface area contributed by atoms with E-state index >= 15 is 0 Å². The molecule has 2 heterocycles. The predicted octanol–water partition coefficient (Wildman–Crippen LogP) is -0.123. The number of hydrogen-bond acceptors (Lipinski definition) is 4. The summed E-state index contributed by atoms with van der Waals surface area (Å²) in [7, 11) is 0. The fourth-order valence-electron chi connectivity index (χ4n) is 1.45. The Kier molecular flexibility index (Phi) is 1.26. The number of aromatic nitrogens is 4. The molecular weight excluding hydrogens is 182 g/mol. The monoisotopic (exact) mass is 191 g/mol. The zero-order valence-corrected chi connectivity index (χ0v) is 7.40. The number of nitrogens with one attached hydrogen (secondary N) is 1. The third-order valence-electron chi connectivity index (χ3n) is 2.32. The topological polar surface area (TPSA) is 89.1 Å². The summed E-state index contributed by atoms with van der Waals surface area (Å²) in [6.45, 7) is 0. The molecule has 0 saturated heterocycles. The maximum absolute atomic E-state index is 11.1. The highest BCUT2D eigenvalue weighted by molar-refractivity contribution is 5.39. The van der Waals surface area contributed by atoms with Gasteiger partial charge in [-0.25, -0.2) is 0 Å². The van der Waals surface area contributed by atoms with Crippen molar-refractivity contribution in [3.63, 3.8) is 0 Å². The number of nitrogen functional groups attached to an aromatic ring is 1. The second-order valence-corrected chi connectivity index (χ2v) is 3.54. The van der Waals surface area contributed by atoms with E-state index in [-0.39, 0.29) is 5.56 Å². The van der Waals surface area contributed by atoms with Crippen LogP contribution in [-0.2, 0) is 0 Å². The van der Waals surface area contributed by atoms with Crippen molar-refractivity contribution in [1.82, 2.24) is 19.6 Å². The molecule has 6 nitrogen and oxygen atoms in total. The molecule has 3 N–H and O–H groups in total. The van der Waals surface area contributed by atoms with Gasteiger partial charge in [0, 0.05) is 12.0 Å². The highest BCUT2D eigenvalue weighted by Gasteiger charge is 2.28. The molecule has 1 aliphatic rings. The van der Waals surface area contributed by atoms with Crippen molar-refractivity contribution in [3.05, 3.63) is 22.2 Å². The second-order valence-electron chi connectivity index (χ2n) is 3.54. The first kappa shape index (κ1) is 7.54. The number of hydrogen-bond donors (Lipinski definition) is 2. The van der Waals surface area contributed by atoms with Gasteiger partial charge >= 0.3 is 0 Å².